The summed E-state index contributed by atoms with van der Waals surface area (Å²) in [5.41, 5.74) is 1.15. The predicted molar refractivity (Wildman–Crippen MR) is 88.9 cm³/mol. The summed E-state index contributed by atoms with van der Waals surface area (Å²) in [6.45, 7) is 0. The van der Waals surface area contributed by atoms with Crippen LogP contribution in [0.2, 0.25) is 10.0 Å². The monoisotopic (exact) mass is 388 g/mol. The normalized spacial score (nSPS) is 11.8. The fraction of sp³-hybridized carbons (Fsp3) is 0.125. The molecule has 0 aliphatic rings. The highest BCUT2D eigenvalue weighted by atomic mass is 35.5. The summed E-state index contributed by atoms with van der Waals surface area (Å²) >= 11 is 11.9. The fourth-order valence-corrected chi connectivity index (χ4v) is 2.70. The van der Waals surface area contributed by atoms with Crippen molar-refractivity contribution in [2.24, 2.45) is 0 Å². The van der Waals surface area contributed by atoms with Crippen molar-refractivity contribution < 1.29 is 22.4 Å². The molecule has 0 atom stereocenters. The number of alkyl halides is 3. The Hall–Kier alpha value is -2.25. The molecule has 0 fully saturated rings. The molecule has 0 saturated heterocycles. The van der Waals surface area contributed by atoms with E-state index in [0.29, 0.717) is 26.0 Å². The molecule has 3 rings (SSSR count). The Kier molecular flexibility index (Phi) is 4.38. The van der Waals surface area contributed by atoms with E-state index in [4.69, 9.17) is 27.6 Å². The second kappa shape index (κ2) is 6.24. The minimum atomic E-state index is -4.97. The van der Waals surface area contributed by atoms with Crippen molar-refractivity contribution in [3.05, 3.63) is 46.4 Å². The topological polar surface area (TPSA) is 46.3 Å². The molecule has 1 amide bonds. The first-order valence-corrected chi connectivity index (χ1v) is 7.63. The van der Waals surface area contributed by atoms with E-state index in [0.717, 1.165) is 7.05 Å². The number of oxazole rings is 1. The van der Waals surface area contributed by atoms with Crippen LogP contribution in [0, 0.1) is 0 Å². The maximum atomic E-state index is 12.5. The predicted octanol–water partition coefficient (Wildman–Crippen LogP) is 5.33. The number of hydrogen-bond donors (Lipinski definition) is 0. The zero-order valence-electron chi connectivity index (χ0n) is 12.6. The third-order valence-corrected chi connectivity index (χ3v) is 4.02. The number of carbonyl (C=O) groups excluding carboxylic acids is 1. The number of benzene rings is 2. The first-order chi connectivity index (χ1) is 11.7. The second-order valence-corrected chi connectivity index (χ2v) is 6.00. The van der Waals surface area contributed by atoms with Gasteiger partial charge in [-0.2, -0.15) is 13.2 Å². The van der Waals surface area contributed by atoms with Gasteiger partial charge in [0.2, 0.25) is 5.89 Å². The zero-order valence-corrected chi connectivity index (χ0v) is 14.1. The van der Waals surface area contributed by atoms with E-state index >= 15 is 0 Å². The van der Waals surface area contributed by atoms with Crippen molar-refractivity contribution in [2.45, 2.75) is 6.18 Å². The van der Waals surface area contributed by atoms with E-state index < -0.39 is 12.1 Å². The lowest BCUT2D eigenvalue weighted by atomic mass is 10.2. The van der Waals surface area contributed by atoms with Gasteiger partial charge in [0.15, 0.2) is 5.58 Å². The van der Waals surface area contributed by atoms with Crippen LogP contribution in [0.5, 0.6) is 0 Å². The number of fused-ring (bicyclic) bond motifs is 1. The Morgan fingerprint density at radius 3 is 2.52 bits per heavy atom. The highest BCUT2D eigenvalue weighted by Gasteiger charge is 2.41. The number of halogens is 5. The van der Waals surface area contributed by atoms with Crippen molar-refractivity contribution in [3.8, 4) is 11.5 Å². The molecule has 1 aromatic heterocycles. The molecule has 0 spiro atoms. The smallest absolute Gasteiger partial charge is 0.436 e. The van der Waals surface area contributed by atoms with Gasteiger partial charge < -0.3 is 9.32 Å². The van der Waals surface area contributed by atoms with Crippen LogP contribution in [0.3, 0.4) is 0 Å². The van der Waals surface area contributed by atoms with Crippen molar-refractivity contribution >= 4 is 45.9 Å². The van der Waals surface area contributed by atoms with Crippen LogP contribution < -0.4 is 4.90 Å². The summed E-state index contributed by atoms with van der Waals surface area (Å²) in [6, 6.07) is 8.87. The molecule has 25 heavy (non-hydrogen) atoms. The van der Waals surface area contributed by atoms with Crippen LogP contribution >= 0.6 is 23.2 Å². The highest BCUT2D eigenvalue weighted by Crippen LogP contribution is 2.33. The summed E-state index contributed by atoms with van der Waals surface area (Å²) in [5, 5.41) is 0.767. The first-order valence-electron chi connectivity index (χ1n) is 6.87. The van der Waals surface area contributed by atoms with E-state index in [9.17, 15) is 18.0 Å². The fourth-order valence-electron chi connectivity index (χ4n) is 2.21. The van der Waals surface area contributed by atoms with Crippen molar-refractivity contribution in [1.82, 2.24) is 4.98 Å². The largest absolute Gasteiger partial charge is 0.471 e. The number of aromatic nitrogens is 1. The Morgan fingerprint density at radius 2 is 1.88 bits per heavy atom. The molecular formula is C16H9Cl2F3N2O2. The maximum absolute atomic E-state index is 12.5. The molecule has 0 aliphatic heterocycles. The van der Waals surface area contributed by atoms with Gasteiger partial charge >= 0.3 is 12.1 Å². The van der Waals surface area contributed by atoms with Crippen LogP contribution in [0.1, 0.15) is 0 Å². The van der Waals surface area contributed by atoms with E-state index in [1.807, 2.05) is 0 Å². The van der Waals surface area contributed by atoms with E-state index in [2.05, 4.69) is 4.98 Å². The standard InChI is InChI=1S/C16H9Cl2F3N2O2/c1-23(15(24)16(19,20)21)9-3-5-12-13(7-9)25-14(22-12)10-4-2-8(17)6-11(10)18/h2-7H,1H3. The van der Waals surface area contributed by atoms with Crippen molar-refractivity contribution in [2.75, 3.05) is 11.9 Å². The third-order valence-electron chi connectivity index (χ3n) is 3.47. The number of carbonyl (C=O) groups is 1. The molecule has 2 aromatic carbocycles. The number of hydrogen-bond acceptors (Lipinski definition) is 3. The average Bonchev–Trinajstić information content (AvgIpc) is 2.95. The Labute approximate surface area is 149 Å². The maximum Gasteiger partial charge on any atom is 0.471 e. The van der Waals surface area contributed by atoms with E-state index in [1.54, 1.807) is 12.1 Å². The first kappa shape index (κ1) is 17.6. The lowest BCUT2D eigenvalue weighted by Crippen LogP contribution is -2.38. The molecule has 0 radical (unpaired) electrons. The van der Waals surface area contributed by atoms with Crippen LogP contribution in [0.15, 0.2) is 40.8 Å². The summed E-state index contributed by atoms with van der Waals surface area (Å²) < 4.78 is 43.2. The van der Waals surface area contributed by atoms with E-state index in [-0.39, 0.29) is 17.2 Å². The summed E-state index contributed by atoms with van der Waals surface area (Å²) in [7, 11) is 1.03. The van der Waals surface area contributed by atoms with E-state index in [1.165, 1.54) is 24.3 Å². The van der Waals surface area contributed by atoms with Crippen molar-refractivity contribution in [3.63, 3.8) is 0 Å². The van der Waals surface area contributed by atoms with Crippen molar-refractivity contribution in [1.29, 1.82) is 0 Å². The third kappa shape index (κ3) is 3.43. The Morgan fingerprint density at radius 1 is 1.16 bits per heavy atom. The van der Waals surface area contributed by atoms with Gasteiger partial charge in [-0.1, -0.05) is 23.2 Å². The molecule has 0 saturated carbocycles. The van der Waals surface area contributed by atoms with Gasteiger partial charge in [0.1, 0.15) is 5.52 Å². The average molecular weight is 389 g/mol. The lowest BCUT2D eigenvalue weighted by molar-refractivity contribution is -0.170. The molecule has 9 heteroatoms. The van der Waals surface area contributed by atoms with Crippen LogP contribution in [0.25, 0.3) is 22.6 Å². The molecule has 0 N–H and O–H groups in total. The van der Waals surface area contributed by atoms with Gasteiger partial charge in [-0.25, -0.2) is 4.98 Å². The minimum Gasteiger partial charge on any atom is -0.436 e. The molecule has 0 aliphatic carbocycles. The number of anilines is 1. The number of nitrogens with zero attached hydrogens (tertiary/aromatic N) is 2. The Balaban J connectivity index is 2.01. The summed E-state index contributed by atoms with van der Waals surface area (Å²) in [6.07, 6.45) is -4.97. The molecule has 0 bridgehead atoms. The van der Waals surface area contributed by atoms with Gasteiger partial charge in [0.05, 0.1) is 10.6 Å². The van der Waals surface area contributed by atoms with Gasteiger partial charge in [-0.3, -0.25) is 4.79 Å². The van der Waals surface area contributed by atoms with Crippen LogP contribution in [-0.4, -0.2) is 24.1 Å². The second-order valence-electron chi connectivity index (χ2n) is 5.16. The number of amides is 1. The van der Waals surface area contributed by atoms with Gasteiger partial charge in [-0.05, 0) is 30.3 Å². The molecule has 130 valence electrons. The minimum absolute atomic E-state index is 0.0275. The molecule has 3 aromatic rings. The van der Waals surface area contributed by atoms with Gasteiger partial charge in [0, 0.05) is 23.8 Å². The Bertz CT molecular complexity index is 970. The molecule has 0 unspecified atom stereocenters. The van der Waals surface area contributed by atoms with Crippen LogP contribution in [0.4, 0.5) is 18.9 Å². The summed E-state index contributed by atoms with van der Waals surface area (Å²) in [5.74, 6) is -1.79. The highest BCUT2D eigenvalue weighted by molar-refractivity contribution is 6.36. The molecule has 4 nitrogen and oxygen atoms in total. The quantitative estimate of drug-likeness (QED) is 0.596. The molecular weight excluding hydrogens is 380 g/mol. The van der Waals surface area contributed by atoms with Crippen LogP contribution in [-0.2, 0) is 4.79 Å². The lowest BCUT2D eigenvalue weighted by Gasteiger charge is -2.18. The van der Waals surface area contributed by atoms with Gasteiger partial charge in [-0.15, -0.1) is 0 Å². The van der Waals surface area contributed by atoms with Gasteiger partial charge in [0.25, 0.3) is 0 Å². The summed E-state index contributed by atoms with van der Waals surface area (Å²) in [4.78, 5) is 16.1. The zero-order chi connectivity index (χ0) is 18.4. The number of rotatable bonds is 2. The SMILES string of the molecule is CN(C(=O)C(F)(F)F)c1ccc2nc(-c3ccc(Cl)cc3Cl)oc2c1. The molecule has 1 heterocycles.